The molecule has 0 spiro atoms. The lowest BCUT2D eigenvalue weighted by Gasteiger charge is -2.10. The molecular formula is C20H21N3O3S. The highest BCUT2D eigenvalue weighted by Gasteiger charge is 2.10. The number of nitrogens with one attached hydrogen (secondary N) is 2. The van der Waals surface area contributed by atoms with Crippen molar-refractivity contribution < 1.29 is 14.3 Å². The number of carbonyl (C=O) groups excluding carboxylic acids is 2. The van der Waals surface area contributed by atoms with Crippen LogP contribution in [0.25, 0.3) is 10.2 Å². The van der Waals surface area contributed by atoms with E-state index >= 15 is 0 Å². The number of benzene rings is 2. The first-order valence-electron chi connectivity index (χ1n) is 8.61. The Hall–Kier alpha value is -2.93. The molecule has 0 unspecified atom stereocenters. The van der Waals surface area contributed by atoms with Crippen molar-refractivity contribution >= 4 is 44.2 Å². The zero-order valence-corrected chi connectivity index (χ0v) is 16.2. The second kappa shape index (κ2) is 8.18. The normalized spacial score (nSPS) is 10.8. The largest absolute Gasteiger partial charge is 0.484 e. The molecule has 7 heteroatoms. The van der Waals surface area contributed by atoms with Crippen LogP contribution in [0.15, 0.2) is 42.5 Å². The highest BCUT2D eigenvalue weighted by molar-refractivity contribution is 7.22. The highest BCUT2D eigenvalue weighted by Crippen LogP contribution is 2.26. The number of amides is 2. The predicted octanol–water partition coefficient (Wildman–Crippen LogP) is 4.22. The molecule has 140 valence electrons. The molecule has 0 atom stereocenters. The van der Waals surface area contributed by atoms with Crippen LogP contribution < -0.4 is 15.4 Å². The third-order valence-electron chi connectivity index (χ3n) is 3.79. The summed E-state index contributed by atoms with van der Waals surface area (Å²) in [6.45, 7) is 5.52. The van der Waals surface area contributed by atoms with Gasteiger partial charge in [-0.15, -0.1) is 0 Å². The second-order valence-electron chi connectivity index (χ2n) is 6.50. The molecule has 0 bridgehead atoms. The van der Waals surface area contributed by atoms with Gasteiger partial charge in [-0.05, 0) is 36.8 Å². The van der Waals surface area contributed by atoms with Crippen molar-refractivity contribution in [3.05, 3.63) is 48.0 Å². The van der Waals surface area contributed by atoms with E-state index in [0.29, 0.717) is 16.6 Å². The quantitative estimate of drug-likeness (QED) is 0.668. The van der Waals surface area contributed by atoms with Gasteiger partial charge >= 0.3 is 0 Å². The van der Waals surface area contributed by atoms with Crippen LogP contribution in [-0.2, 0) is 9.59 Å². The van der Waals surface area contributed by atoms with Gasteiger partial charge in [-0.25, -0.2) is 4.98 Å². The number of rotatable bonds is 6. The van der Waals surface area contributed by atoms with Crippen molar-refractivity contribution in [2.24, 2.45) is 5.92 Å². The van der Waals surface area contributed by atoms with Crippen molar-refractivity contribution in [3.8, 4) is 5.75 Å². The Morgan fingerprint density at radius 1 is 1.15 bits per heavy atom. The summed E-state index contributed by atoms with van der Waals surface area (Å²) in [4.78, 5) is 28.3. The van der Waals surface area contributed by atoms with Gasteiger partial charge in [0.25, 0.3) is 5.91 Å². The van der Waals surface area contributed by atoms with E-state index in [0.717, 1.165) is 15.8 Å². The summed E-state index contributed by atoms with van der Waals surface area (Å²) in [7, 11) is 0. The molecule has 2 aromatic carbocycles. The summed E-state index contributed by atoms with van der Waals surface area (Å²) in [6.07, 6.45) is 0. The number of ether oxygens (including phenoxy) is 1. The first-order valence-corrected chi connectivity index (χ1v) is 9.43. The maximum Gasteiger partial charge on any atom is 0.264 e. The van der Waals surface area contributed by atoms with E-state index in [1.165, 1.54) is 11.3 Å². The minimum atomic E-state index is -0.289. The maximum atomic E-state index is 12.1. The van der Waals surface area contributed by atoms with Gasteiger partial charge in [0, 0.05) is 17.7 Å². The van der Waals surface area contributed by atoms with E-state index in [9.17, 15) is 9.59 Å². The van der Waals surface area contributed by atoms with E-state index in [1.807, 2.05) is 39.0 Å². The van der Waals surface area contributed by atoms with Gasteiger partial charge in [0.05, 0.1) is 10.2 Å². The third-order valence-corrected chi connectivity index (χ3v) is 4.72. The van der Waals surface area contributed by atoms with Gasteiger partial charge in [-0.2, -0.15) is 0 Å². The summed E-state index contributed by atoms with van der Waals surface area (Å²) in [5.41, 5.74) is 2.64. The monoisotopic (exact) mass is 383 g/mol. The molecule has 0 saturated carbocycles. The Balaban J connectivity index is 1.57. The fourth-order valence-corrected chi connectivity index (χ4v) is 3.32. The van der Waals surface area contributed by atoms with Crippen LogP contribution in [0.3, 0.4) is 0 Å². The van der Waals surface area contributed by atoms with Crippen LogP contribution >= 0.6 is 11.3 Å². The van der Waals surface area contributed by atoms with Crippen LogP contribution in [0.1, 0.15) is 19.4 Å². The predicted molar refractivity (Wildman–Crippen MR) is 108 cm³/mol. The minimum absolute atomic E-state index is 0.0732. The molecule has 0 fully saturated rings. The molecule has 0 saturated heterocycles. The first kappa shape index (κ1) is 18.8. The van der Waals surface area contributed by atoms with E-state index in [2.05, 4.69) is 15.6 Å². The number of hydrogen-bond donors (Lipinski definition) is 2. The standard InChI is InChI=1S/C20H21N3O3S/c1-12(2)19(25)21-14-5-4-6-15(10-14)26-11-18(24)23-20-22-16-8-7-13(3)9-17(16)27-20/h4-10,12H,11H2,1-3H3,(H,21,25)(H,22,23,24). The zero-order valence-electron chi connectivity index (χ0n) is 15.4. The second-order valence-corrected chi connectivity index (χ2v) is 7.53. The number of fused-ring (bicyclic) bond motifs is 1. The Morgan fingerprint density at radius 2 is 1.96 bits per heavy atom. The fourth-order valence-electron chi connectivity index (χ4n) is 2.34. The summed E-state index contributed by atoms with van der Waals surface area (Å²) in [5.74, 6) is 0.0305. The smallest absolute Gasteiger partial charge is 0.264 e. The third kappa shape index (κ3) is 5.04. The topological polar surface area (TPSA) is 80.3 Å². The number of hydrogen-bond acceptors (Lipinski definition) is 5. The SMILES string of the molecule is Cc1ccc2nc(NC(=O)COc3cccc(NC(=O)C(C)C)c3)sc2c1. The fraction of sp³-hybridized carbons (Fsp3) is 0.250. The Labute approximate surface area is 161 Å². The maximum absolute atomic E-state index is 12.1. The number of nitrogens with zero attached hydrogens (tertiary/aromatic N) is 1. The molecule has 3 aromatic rings. The van der Waals surface area contributed by atoms with Crippen LogP contribution in [-0.4, -0.2) is 23.4 Å². The van der Waals surface area contributed by atoms with E-state index in [1.54, 1.807) is 24.3 Å². The molecule has 3 rings (SSSR count). The van der Waals surface area contributed by atoms with Gasteiger partial charge in [0.2, 0.25) is 5.91 Å². The lowest BCUT2D eigenvalue weighted by molar-refractivity contribution is -0.119. The van der Waals surface area contributed by atoms with Crippen molar-refractivity contribution in [1.82, 2.24) is 4.98 Å². The van der Waals surface area contributed by atoms with Gasteiger partial charge in [0.15, 0.2) is 11.7 Å². The Morgan fingerprint density at radius 3 is 2.74 bits per heavy atom. The van der Waals surface area contributed by atoms with Crippen LogP contribution in [0.5, 0.6) is 5.75 Å². The summed E-state index contributed by atoms with van der Waals surface area (Å²) >= 11 is 1.43. The van der Waals surface area contributed by atoms with E-state index in [4.69, 9.17) is 4.74 Å². The Bertz CT molecular complexity index is 982. The molecule has 1 aromatic heterocycles. The Kier molecular flexibility index (Phi) is 5.71. The molecule has 2 N–H and O–H groups in total. The first-order chi connectivity index (χ1) is 12.9. The molecule has 0 aliphatic rings. The van der Waals surface area contributed by atoms with Crippen LogP contribution in [0.2, 0.25) is 0 Å². The van der Waals surface area contributed by atoms with Crippen molar-refractivity contribution in [2.45, 2.75) is 20.8 Å². The van der Waals surface area contributed by atoms with Crippen LogP contribution in [0, 0.1) is 12.8 Å². The molecular weight excluding hydrogens is 362 g/mol. The van der Waals surface area contributed by atoms with E-state index < -0.39 is 0 Å². The van der Waals surface area contributed by atoms with Gasteiger partial charge in [0.1, 0.15) is 5.75 Å². The summed E-state index contributed by atoms with van der Waals surface area (Å²) in [5, 5.41) is 6.10. The van der Waals surface area contributed by atoms with Crippen molar-refractivity contribution in [1.29, 1.82) is 0 Å². The zero-order chi connectivity index (χ0) is 19.4. The summed E-state index contributed by atoms with van der Waals surface area (Å²) in [6, 6.07) is 12.9. The average Bonchev–Trinajstić information content (AvgIpc) is 3.01. The van der Waals surface area contributed by atoms with E-state index in [-0.39, 0.29) is 24.3 Å². The number of carbonyl (C=O) groups is 2. The molecule has 6 nitrogen and oxygen atoms in total. The van der Waals surface area contributed by atoms with Gasteiger partial charge < -0.3 is 10.1 Å². The summed E-state index contributed by atoms with van der Waals surface area (Å²) < 4.78 is 6.56. The molecule has 1 heterocycles. The van der Waals surface area contributed by atoms with Gasteiger partial charge in [-0.3, -0.25) is 14.9 Å². The average molecular weight is 383 g/mol. The van der Waals surface area contributed by atoms with Crippen molar-refractivity contribution in [3.63, 3.8) is 0 Å². The lowest BCUT2D eigenvalue weighted by Crippen LogP contribution is -2.20. The molecule has 27 heavy (non-hydrogen) atoms. The van der Waals surface area contributed by atoms with Crippen molar-refractivity contribution in [2.75, 3.05) is 17.2 Å². The number of anilines is 2. The molecule has 0 radical (unpaired) electrons. The van der Waals surface area contributed by atoms with Crippen LogP contribution in [0.4, 0.5) is 10.8 Å². The number of aromatic nitrogens is 1. The minimum Gasteiger partial charge on any atom is -0.484 e. The molecule has 0 aliphatic carbocycles. The highest BCUT2D eigenvalue weighted by atomic mass is 32.1. The molecule has 2 amide bonds. The molecule has 0 aliphatic heterocycles. The van der Waals surface area contributed by atoms with Gasteiger partial charge in [-0.1, -0.05) is 37.3 Å². The number of thiazole rings is 1. The lowest BCUT2D eigenvalue weighted by atomic mass is 10.2. The number of aryl methyl sites for hydroxylation is 1.